The van der Waals surface area contributed by atoms with Crippen molar-refractivity contribution in [3.05, 3.63) is 71.8 Å². The standard InChI is InChI=1S/C21H26N2O3/c24-20(25)17-26-16-15-22-11-13-23(14-12-22)21(18-7-3-1-4-8-18)19-9-5-2-6-10-19/h1-10,21H,11-17H2,(H,24,25). The molecule has 5 heteroatoms. The van der Waals surface area contributed by atoms with Crippen molar-refractivity contribution in [2.24, 2.45) is 0 Å². The summed E-state index contributed by atoms with van der Waals surface area (Å²) in [5.74, 6) is -0.914. The van der Waals surface area contributed by atoms with Crippen molar-refractivity contribution < 1.29 is 14.6 Å². The van der Waals surface area contributed by atoms with E-state index in [1.54, 1.807) is 0 Å². The van der Waals surface area contributed by atoms with Gasteiger partial charge in [-0.3, -0.25) is 9.80 Å². The fourth-order valence-corrected chi connectivity index (χ4v) is 3.48. The van der Waals surface area contributed by atoms with Gasteiger partial charge in [-0.25, -0.2) is 4.79 Å². The molecule has 0 spiro atoms. The van der Waals surface area contributed by atoms with Gasteiger partial charge in [0.1, 0.15) is 6.61 Å². The molecule has 0 bridgehead atoms. The molecule has 5 nitrogen and oxygen atoms in total. The van der Waals surface area contributed by atoms with Crippen molar-refractivity contribution in [2.75, 3.05) is 45.9 Å². The van der Waals surface area contributed by atoms with Crippen molar-refractivity contribution in [1.29, 1.82) is 0 Å². The molecule has 1 N–H and O–H groups in total. The fourth-order valence-electron chi connectivity index (χ4n) is 3.48. The number of piperazine rings is 1. The number of carbonyl (C=O) groups is 1. The lowest BCUT2D eigenvalue weighted by molar-refractivity contribution is -0.142. The number of ether oxygens (including phenoxy) is 1. The second-order valence-electron chi connectivity index (χ2n) is 6.55. The van der Waals surface area contributed by atoms with E-state index in [1.807, 2.05) is 0 Å². The number of rotatable bonds is 8. The maximum atomic E-state index is 10.5. The highest BCUT2D eigenvalue weighted by molar-refractivity contribution is 5.67. The van der Waals surface area contributed by atoms with Gasteiger partial charge in [-0.15, -0.1) is 0 Å². The Morgan fingerprint density at radius 3 is 1.96 bits per heavy atom. The zero-order valence-corrected chi connectivity index (χ0v) is 15.0. The predicted octanol–water partition coefficient (Wildman–Crippen LogP) is 2.49. The fraction of sp³-hybridized carbons (Fsp3) is 0.381. The van der Waals surface area contributed by atoms with Crippen molar-refractivity contribution in [2.45, 2.75) is 6.04 Å². The molecule has 3 rings (SSSR count). The van der Waals surface area contributed by atoms with Crippen LogP contribution in [0.5, 0.6) is 0 Å². The van der Waals surface area contributed by atoms with E-state index in [9.17, 15) is 4.79 Å². The molecule has 1 aliphatic heterocycles. The van der Waals surface area contributed by atoms with Crippen LogP contribution in [0.4, 0.5) is 0 Å². The van der Waals surface area contributed by atoms with Crippen LogP contribution in [0.15, 0.2) is 60.7 Å². The number of aliphatic carboxylic acids is 1. The summed E-state index contributed by atoms with van der Waals surface area (Å²) in [6.07, 6.45) is 0. The Balaban J connectivity index is 1.60. The van der Waals surface area contributed by atoms with Crippen LogP contribution >= 0.6 is 0 Å². The summed E-state index contributed by atoms with van der Waals surface area (Å²) in [6.45, 7) is 4.92. The third-order valence-electron chi connectivity index (χ3n) is 4.78. The van der Waals surface area contributed by atoms with Gasteiger partial charge in [0.2, 0.25) is 0 Å². The van der Waals surface area contributed by atoms with Gasteiger partial charge < -0.3 is 9.84 Å². The molecule has 26 heavy (non-hydrogen) atoms. The smallest absolute Gasteiger partial charge is 0.329 e. The Hall–Kier alpha value is -2.21. The van der Waals surface area contributed by atoms with Gasteiger partial charge in [0.25, 0.3) is 0 Å². The van der Waals surface area contributed by atoms with Gasteiger partial charge >= 0.3 is 5.97 Å². The molecular formula is C21H26N2O3. The lowest BCUT2D eigenvalue weighted by Crippen LogP contribution is -2.48. The first-order valence-corrected chi connectivity index (χ1v) is 9.10. The van der Waals surface area contributed by atoms with Crippen LogP contribution in [0, 0.1) is 0 Å². The third kappa shape index (κ3) is 5.14. The summed E-state index contributed by atoms with van der Waals surface area (Å²) < 4.78 is 5.16. The summed E-state index contributed by atoms with van der Waals surface area (Å²) in [4.78, 5) is 15.4. The van der Waals surface area contributed by atoms with Crippen LogP contribution in [-0.2, 0) is 9.53 Å². The molecule has 0 saturated carbocycles. The Labute approximate surface area is 154 Å². The van der Waals surface area contributed by atoms with Crippen molar-refractivity contribution in [1.82, 2.24) is 9.80 Å². The zero-order valence-electron chi connectivity index (χ0n) is 15.0. The van der Waals surface area contributed by atoms with Gasteiger partial charge in [0.05, 0.1) is 12.6 Å². The van der Waals surface area contributed by atoms with E-state index in [0.717, 1.165) is 32.7 Å². The van der Waals surface area contributed by atoms with E-state index in [2.05, 4.69) is 70.5 Å². The number of carboxylic acid groups (broad SMARTS) is 1. The minimum absolute atomic E-state index is 0.218. The SMILES string of the molecule is O=C(O)COCCN1CCN(C(c2ccccc2)c2ccccc2)CC1. The van der Waals surface area contributed by atoms with E-state index in [4.69, 9.17) is 9.84 Å². The molecule has 138 valence electrons. The van der Waals surface area contributed by atoms with Crippen LogP contribution in [0.3, 0.4) is 0 Å². The predicted molar refractivity (Wildman–Crippen MR) is 101 cm³/mol. The monoisotopic (exact) mass is 354 g/mol. The Morgan fingerprint density at radius 2 is 1.46 bits per heavy atom. The number of benzene rings is 2. The molecule has 1 saturated heterocycles. The first-order valence-electron chi connectivity index (χ1n) is 9.10. The highest BCUT2D eigenvalue weighted by atomic mass is 16.5. The molecule has 0 unspecified atom stereocenters. The minimum atomic E-state index is -0.914. The average Bonchev–Trinajstić information content (AvgIpc) is 2.68. The molecule has 0 aliphatic carbocycles. The molecule has 0 aromatic heterocycles. The van der Waals surface area contributed by atoms with Crippen LogP contribution in [0.25, 0.3) is 0 Å². The molecule has 0 atom stereocenters. The Bertz CT molecular complexity index is 631. The Morgan fingerprint density at radius 1 is 0.923 bits per heavy atom. The van der Waals surface area contributed by atoms with E-state index in [0.29, 0.717) is 6.61 Å². The molecule has 1 fully saturated rings. The highest BCUT2D eigenvalue weighted by Crippen LogP contribution is 2.29. The molecular weight excluding hydrogens is 328 g/mol. The first-order chi connectivity index (χ1) is 12.7. The number of carboxylic acids is 1. The Kier molecular flexibility index (Phi) is 6.77. The second kappa shape index (κ2) is 9.48. The summed E-state index contributed by atoms with van der Waals surface area (Å²) in [5.41, 5.74) is 2.63. The molecule has 2 aromatic carbocycles. The molecule has 0 radical (unpaired) electrons. The van der Waals surface area contributed by atoms with Crippen molar-refractivity contribution in [3.63, 3.8) is 0 Å². The van der Waals surface area contributed by atoms with E-state index in [1.165, 1.54) is 11.1 Å². The quantitative estimate of drug-likeness (QED) is 0.738. The number of nitrogens with zero attached hydrogens (tertiary/aromatic N) is 2. The largest absolute Gasteiger partial charge is 0.480 e. The lowest BCUT2D eigenvalue weighted by atomic mass is 9.96. The average molecular weight is 354 g/mol. The zero-order chi connectivity index (χ0) is 18.2. The minimum Gasteiger partial charge on any atom is -0.480 e. The summed E-state index contributed by atoms with van der Waals surface area (Å²) in [7, 11) is 0. The molecule has 0 amide bonds. The van der Waals surface area contributed by atoms with Crippen molar-refractivity contribution >= 4 is 5.97 Å². The second-order valence-corrected chi connectivity index (χ2v) is 6.55. The van der Waals surface area contributed by atoms with Crippen LogP contribution in [-0.4, -0.2) is 66.8 Å². The number of hydrogen-bond donors (Lipinski definition) is 1. The maximum Gasteiger partial charge on any atom is 0.329 e. The normalized spacial score (nSPS) is 16.0. The van der Waals surface area contributed by atoms with Gasteiger partial charge in [-0.1, -0.05) is 60.7 Å². The van der Waals surface area contributed by atoms with Gasteiger partial charge in [0, 0.05) is 32.7 Å². The summed E-state index contributed by atoms with van der Waals surface area (Å²) >= 11 is 0. The van der Waals surface area contributed by atoms with Gasteiger partial charge in [0.15, 0.2) is 0 Å². The third-order valence-corrected chi connectivity index (χ3v) is 4.78. The lowest BCUT2D eigenvalue weighted by Gasteiger charge is -2.39. The molecule has 2 aromatic rings. The summed E-state index contributed by atoms with van der Waals surface area (Å²) in [5, 5.41) is 8.62. The van der Waals surface area contributed by atoms with Crippen LogP contribution in [0.2, 0.25) is 0 Å². The van der Waals surface area contributed by atoms with Crippen LogP contribution < -0.4 is 0 Å². The van der Waals surface area contributed by atoms with Gasteiger partial charge in [-0.05, 0) is 11.1 Å². The topological polar surface area (TPSA) is 53.0 Å². The highest BCUT2D eigenvalue weighted by Gasteiger charge is 2.26. The van der Waals surface area contributed by atoms with E-state index in [-0.39, 0.29) is 12.6 Å². The van der Waals surface area contributed by atoms with E-state index >= 15 is 0 Å². The summed E-state index contributed by atoms with van der Waals surface area (Å²) in [6, 6.07) is 21.6. The number of hydrogen-bond acceptors (Lipinski definition) is 4. The van der Waals surface area contributed by atoms with Gasteiger partial charge in [-0.2, -0.15) is 0 Å². The molecule has 1 aliphatic rings. The van der Waals surface area contributed by atoms with Crippen LogP contribution in [0.1, 0.15) is 17.2 Å². The van der Waals surface area contributed by atoms with E-state index < -0.39 is 5.97 Å². The maximum absolute atomic E-state index is 10.5. The van der Waals surface area contributed by atoms with Crippen molar-refractivity contribution in [3.8, 4) is 0 Å². The molecule has 1 heterocycles. The first kappa shape index (κ1) is 18.6.